The van der Waals surface area contributed by atoms with Crippen molar-refractivity contribution in [3.63, 3.8) is 0 Å². The Morgan fingerprint density at radius 1 is 0.318 bits per heavy atom. The second-order valence-electron chi connectivity index (χ2n) is 9.02. The van der Waals surface area contributed by atoms with E-state index < -0.39 is 69.7 Å². The molecule has 0 spiro atoms. The largest absolute Gasteiger partial charge is 0.417 e. The van der Waals surface area contributed by atoms with Crippen LogP contribution in [0.1, 0.15) is 22.3 Å². The number of alkyl halides is 14. The highest BCUT2D eigenvalue weighted by Crippen LogP contribution is 2.59. The lowest BCUT2D eigenvalue weighted by atomic mass is 9.91. The van der Waals surface area contributed by atoms with Crippen molar-refractivity contribution >= 4 is 0 Å². The van der Waals surface area contributed by atoms with Gasteiger partial charge in [-0.3, -0.25) is 19.9 Å². The fourth-order valence-electron chi connectivity index (χ4n) is 3.65. The zero-order valence-corrected chi connectivity index (χ0v) is 21.0. The minimum absolute atomic E-state index is 0.0514. The third kappa shape index (κ3) is 5.63. The van der Waals surface area contributed by atoms with Crippen LogP contribution in [-0.4, -0.2) is 31.8 Å². The van der Waals surface area contributed by atoms with Gasteiger partial charge in [0.2, 0.25) is 0 Å². The molecular weight excluding hydrogens is 634 g/mol. The van der Waals surface area contributed by atoms with Crippen molar-refractivity contribution in [1.82, 2.24) is 19.9 Å². The Morgan fingerprint density at radius 2 is 0.545 bits per heavy atom. The first-order valence-corrected chi connectivity index (χ1v) is 11.6. The zero-order chi connectivity index (χ0) is 32.9. The summed E-state index contributed by atoms with van der Waals surface area (Å²) < 4.78 is 194. The summed E-state index contributed by atoms with van der Waals surface area (Å²) in [6.45, 7) is 0. The summed E-state index contributed by atoms with van der Waals surface area (Å²) in [5.41, 5.74) is -7.81. The van der Waals surface area contributed by atoms with E-state index in [0.717, 1.165) is 12.1 Å². The predicted octanol–water partition coefficient (Wildman–Crippen LogP) is 8.79. The van der Waals surface area contributed by atoms with E-state index in [-0.39, 0.29) is 35.9 Å². The van der Waals surface area contributed by atoms with Gasteiger partial charge in [0.05, 0.1) is 33.9 Å². The fourth-order valence-corrected chi connectivity index (χ4v) is 3.65. The predicted molar refractivity (Wildman–Crippen MR) is 123 cm³/mol. The van der Waals surface area contributed by atoms with Gasteiger partial charge in [-0.2, -0.15) is 61.5 Å². The molecule has 0 saturated carbocycles. The van der Waals surface area contributed by atoms with Gasteiger partial charge in [-0.25, -0.2) is 0 Å². The number of rotatable bonds is 7. The maximum absolute atomic E-state index is 14.7. The first-order valence-electron chi connectivity index (χ1n) is 11.6. The van der Waals surface area contributed by atoms with Crippen LogP contribution in [0.15, 0.2) is 73.3 Å². The normalized spacial score (nSPS) is 13.7. The number of nitrogens with zero attached hydrogens (tertiary/aromatic N) is 4. The Bertz CT molecular complexity index is 1470. The molecule has 0 fully saturated rings. The molecule has 0 aliphatic rings. The molecule has 0 atom stereocenters. The number of hydrogen-bond donors (Lipinski definition) is 0. The minimum Gasteiger partial charge on any atom is -0.254 e. The first kappa shape index (κ1) is 32.5. The van der Waals surface area contributed by atoms with E-state index in [1.165, 1.54) is 0 Å². The average Bonchev–Trinajstić information content (AvgIpc) is 2.96. The highest BCUT2D eigenvalue weighted by molar-refractivity contribution is 5.55. The van der Waals surface area contributed by atoms with Gasteiger partial charge in [-0.15, -0.1) is 0 Å². The number of aromatic nitrogens is 4. The molecule has 4 aromatic heterocycles. The van der Waals surface area contributed by atoms with E-state index in [0.29, 0.717) is 36.7 Å². The molecule has 0 N–H and O–H groups in total. The Balaban J connectivity index is 1.59. The molecule has 0 amide bonds. The second-order valence-corrected chi connectivity index (χ2v) is 9.02. The molecule has 4 aromatic rings. The lowest BCUT2D eigenvalue weighted by Gasteiger charge is -2.36. The van der Waals surface area contributed by atoms with Crippen LogP contribution in [0.4, 0.5) is 61.5 Å². The van der Waals surface area contributed by atoms with Crippen molar-refractivity contribution in [3.05, 3.63) is 95.6 Å². The van der Waals surface area contributed by atoms with E-state index in [4.69, 9.17) is 0 Å². The molecule has 4 rings (SSSR count). The zero-order valence-electron chi connectivity index (χ0n) is 21.0. The van der Waals surface area contributed by atoms with Gasteiger partial charge in [0.25, 0.3) is 0 Å². The topological polar surface area (TPSA) is 51.6 Å². The van der Waals surface area contributed by atoms with Crippen molar-refractivity contribution in [3.8, 4) is 22.8 Å². The molecule has 0 aromatic carbocycles. The van der Waals surface area contributed by atoms with Crippen molar-refractivity contribution in [1.29, 1.82) is 0 Å². The van der Waals surface area contributed by atoms with Crippen LogP contribution >= 0.6 is 0 Å². The SMILES string of the molecule is FC(F)(F)c1ccc(-c2ccc(C(F)(F)C(F)(F)C(F)(F)C(F)(F)c3ccc(-c4ccc(C(F)(F)F)cn4)nc3)cn2)nc1. The van der Waals surface area contributed by atoms with Crippen LogP contribution in [0.25, 0.3) is 22.8 Å². The van der Waals surface area contributed by atoms with Crippen LogP contribution in [0.2, 0.25) is 0 Å². The van der Waals surface area contributed by atoms with Crippen LogP contribution in [0, 0.1) is 0 Å². The van der Waals surface area contributed by atoms with E-state index in [9.17, 15) is 61.5 Å². The third-order valence-corrected chi connectivity index (χ3v) is 6.14. The number of halogens is 14. The second kappa shape index (κ2) is 10.7. The van der Waals surface area contributed by atoms with Gasteiger partial charge in [0, 0.05) is 35.9 Å². The van der Waals surface area contributed by atoms with Gasteiger partial charge >= 0.3 is 36.0 Å². The number of pyridine rings is 4. The summed E-state index contributed by atoms with van der Waals surface area (Å²) in [6, 6.07) is 3.95. The lowest BCUT2D eigenvalue weighted by molar-refractivity contribution is -0.374. The Hall–Kier alpha value is -4.38. The third-order valence-electron chi connectivity index (χ3n) is 6.14. The van der Waals surface area contributed by atoms with E-state index in [1.54, 1.807) is 0 Å². The van der Waals surface area contributed by atoms with Crippen LogP contribution in [0.5, 0.6) is 0 Å². The van der Waals surface area contributed by atoms with Crippen molar-refractivity contribution in [2.24, 2.45) is 0 Å². The quantitative estimate of drug-likeness (QED) is 0.189. The maximum Gasteiger partial charge on any atom is 0.417 e. The van der Waals surface area contributed by atoms with Gasteiger partial charge in [-0.05, 0) is 48.5 Å². The highest BCUT2D eigenvalue weighted by Gasteiger charge is 2.81. The van der Waals surface area contributed by atoms with Gasteiger partial charge in [0.1, 0.15) is 0 Å². The summed E-state index contributed by atoms with van der Waals surface area (Å²) in [5.74, 6) is -25.5. The minimum atomic E-state index is -6.77. The molecule has 0 saturated heterocycles. The summed E-state index contributed by atoms with van der Waals surface area (Å²) in [7, 11) is 0. The summed E-state index contributed by atoms with van der Waals surface area (Å²) in [4.78, 5) is 13.4. The van der Waals surface area contributed by atoms with Crippen LogP contribution in [-0.2, 0) is 24.2 Å². The van der Waals surface area contributed by atoms with Gasteiger partial charge < -0.3 is 0 Å². The molecule has 4 heterocycles. The van der Waals surface area contributed by atoms with E-state index in [1.807, 2.05) is 0 Å². The van der Waals surface area contributed by atoms with Crippen LogP contribution in [0.3, 0.4) is 0 Å². The molecule has 0 radical (unpaired) electrons. The Kier molecular flexibility index (Phi) is 7.88. The Labute approximate surface area is 236 Å². The smallest absolute Gasteiger partial charge is 0.254 e. The summed E-state index contributed by atoms with van der Waals surface area (Å²) in [5, 5.41) is 0. The van der Waals surface area contributed by atoms with E-state index >= 15 is 0 Å². The van der Waals surface area contributed by atoms with Gasteiger partial charge in [-0.1, -0.05) is 0 Å². The van der Waals surface area contributed by atoms with E-state index in [2.05, 4.69) is 19.9 Å². The summed E-state index contributed by atoms with van der Waals surface area (Å²) >= 11 is 0. The van der Waals surface area contributed by atoms with Crippen molar-refractivity contribution in [2.45, 2.75) is 36.0 Å². The highest BCUT2D eigenvalue weighted by atomic mass is 19.4. The molecule has 0 bridgehead atoms. The fraction of sp³-hybridized carbons (Fsp3) is 0.231. The molecular formula is C26H12F14N4. The molecule has 234 valence electrons. The Morgan fingerprint density at radius 3 is 0.727 bits per heavy atom. The molecule has 44 heavy (non-hydrogen) atoms. The molecule has 18 heteroatoms. The monoisotopic (exact) mass is 646 g/mol. The molecule has 0 unspecified atom stereocenters. The molecule has 0 aliphatic carbocycles. The standard InChI is InChI=1S/C26H12F14N4/c27-21(28,13-1-5-17(41-9-13)19-7-3-15(11-43-19)23(31,32)33)25(37,38)26(39,40)22(29,30)14-2-6-18(42-10-14)20-8-4-16(12-44-20)24(34,35)36/h1-12H. The lowest BCUT2D eigenvalue weighted by Crippen LogP contribution is -2.59. The molecule has 4 nitrogen and oxygen atoms in total. The summed E-state index contributed by atoms with van der Waals surface area (Å²) in [6.07, 6.45) is -8.93. The van der Waals surface area contributed by atoms with Crippen LogP contribution < -0.4 is 0 Å². The van der Waals surface area contributed by atoms with Gasteiger partial charge in [0.15, 0.2) is 0 Å². The molecule has 0 aliphatic heterocycles. The van der Waals surface area contributed by atoms with Crippen molar-refractivity contribution < 1.29 is 61.5 Å². The first-order chi connectivity index (χ1) is 20.1. The van der Waals surface area contributed by atoms with Crippen molar-refractivity contribution in [2.75, 3.05) is 0 Å². The maximum atomic E-state index is 14.7. The number of hydrogen-bond acceptors (Lipinski definition) is 4. The average molecular weight is 646 g/mol.